The van der Waals surface area contributed by atoms with E-state index >= 15 is 0 Å². The summed E-state index contributed by atoms with van der Waals surface area (Å²) in [7, 11) is 0. The Labute approximate surface area is 77.2 Å². The van der Waals surface area contributed by atoms with Gasteiger partial charge in [0, 0.05) is 0 Å². The van der Waals surface area contributed by atoms with Crippen molar-refractivity contribution in [3.8, 4) is 0 Å². The van der Waals surface area contributed by atoms with Crippen LogP contribution < -0.4 is 0 Å². The van der Waals surface area contributed by atoms with E-state index in [1.165, 1.54) is 12.2 Å². The van der Waals surface area contributed by atoms with Gasteiger partial charge >= 0.3 is 12.1 Å². The fraction of sp³-hybridized carbons (Fsp3) is 0.625. The van der Waals surface area contributed by atoms with Crippen LogP contribution in [0.1, 0.15) is 0 Å². The van der Waals surface area contributed by atoms with Crippen LogP contribution in [0.15, 0.2) is 12.2 Å². The van der Waals surface area contributed by atoms with Crippen LogP contribution in [0.3, 0.4) is 0 Å². The highest BCUT2D eigenvalue weighted by Gasteiger charge is 2.60. The van der Waals surface area contributed by atoms with E-state index in [0.717, 1.165) is 0 Å². The lowest BCUT2D eigenvalue weighted by molar-refractivity contribution is -0.196. The quantitative estimate of drug-likeness (QED) is 0.658. The molecule has 2 aliphatic rings. The van der Waals surface area contributed by atoms with Gasteiger partial charge < -0.3 is 9.84 Å². The molecule has 0 saturated carbocycles. The lowest BCUT2D eigenvalue weighted by Gasteiger charge is -2.23. The third-order valence-corrected chi connectivity index (χ3v) is 2.56. The molecular formula is C8H7F3O3. The highest BCUT2D eigenvalue weighted by Crippen LogP contribution is 2.47. The molecule has 3 nitrogen and oxygen atoms in total. The minimum atomic E-state index is -4.52. The lowest BCUT2D eigenvalue weighted by Crippen LogP contribution is -2.40. The van der Waals surface area contributed by atoms with E-state index in [1.54, 1.807) is 0 Å². The minimum absolute atomic E-state index is 0.927. The van der Waals surface area contributed by atoms with E-state index < -0.39 is 36.2 Å². The maximum atomic E-state index is 12.5. The number of carbonyl (C=O) groups is 1. The molecule has 0 aromatic carbocycles. The number of hydrogen-bond acceptors (Lipinski definition) is 2. The van der Waals surface area contributed by atoms with Crippen LogP contribution in [0.4, 0.5) is 13.2 Å². The number of carboxylic acid groups (broad SMARTS) is 1. The number of ether oxygens (including phenoxy) is 1. The van der Waals surface area contributed by atoms with E-state index in [9.17, 15) is 18.0 Å². The normalized spacial score (nSPS) is 40.5. The summed E-state index contributed by atoms with van der Waals surface area (Å²) in [4.78, 5) is 10.6. The number of halogens is 3. The van der Waals surface area contributed by atoms with Gasteiger partial charge in [-0.05, 0) is 0 Å². The number of aliphatic carboxylic acids is 1. The molecule has 4 atom stereocenters. The van der Waals surface area contributed by atoms with Crippen molar-refractivity contribution in [2.75, 3.05) is 0 Å². The van der Waals surface area contributed by atoms with Gasteiger partial charge in [-0.3, -0.25) is 4.79 Å². The first-order chi connectivity index (χ1) is 6.41. The molecule has 0 radical (unpaired) electrons. The third kappa shape index (κ3) is 1.21. The van der Waals surface area contributed by atoms with E-state index in [1.807, 2.05) is 0 Å². The molecule has 2 rings (SSSR count). The maximum absolute atomic E-state index is 12.5. The molecule has 0 aliphatic carbocycles. The van der Waals surface area contributed by atoms with Gasteiger partial charge in [0.2, 0.25) is 0 Å². The summed E-state index contributed by atoms with van der Waals surface area (Å²) in [6.07, 6.45) is -3.91. The smallest absolute Gasteiger partial charge is 0.395 e. The summed E-state index contributed by atoms with van der Waals surface area (Å²) < 4.78 is 42.2. The summed E-state index contributed by atoms with van der Waals surface area (Å²) in [5.41, 5.74) is 0. The monoisotopic (exact) mass is 208 g/mol. The van der Waals surface area contributed by atoms with Crippen LogP contribution in [-0.4, -0.2) is 29.5 Å². The average molecular weight is 208 g/mol. The van der Waals surface area contributed by atoms with Crippen molar-refractivity contribution < 1.29 is 27.8 Å². The Bertz CT molecular complexity index is 297. The number of carboxylic acids is 1. The molecule has 1 N–H and O–H groups in total. The molecule has 2 aliphatic heterocycles. The zero-order valence-electron chi connectivity index (χ0n) is 6.86. The highest BCUT2D eigenvalue weighted by atomic mass is 19.4. The Hall–Kier alpha value is -1.04. The second-order valence-corrected chi connectivity index (χ2v) is 3.38. The van der Waals surface area contributed by atoms with E-state index in [4.69, 9.17) is 9.84 Å². The molecular weight excluding hydrogens is 201 g/mol. The Morgan fingerprint density at radius 2 is 1.86 bits per heavy atom. The van der Waals surface area contributed by atoms with Crippen LogP contribution in [0.25, 0.3) is 0 Å². The molecule has 14 heavy (non-hydrogen) atoms. The number of alkyl halides is 3. The van der Waals surface area contributed by atoms with Crippen LogP contribution in [0.2, 0.25) is 0 Å². The maximum Gasteiger partial charge on any atom is 0.395 e. The zero-order chi connectivity index (χ0) is 10.5. The van der Waals surface area contributed by atoms with Crippen LogP contribution in [0.5, 0.6) is 0 Å². The molecule has 2 unspecified atom stereocenters. The van der Waals surface area contributed by atoms with E-state index in [-0.39, 0.29) is 0 Å². The molecule has 6 heteroatoms. The van der Waals surface area contributed by atoms with Gasteiger partial charge in [0.25, 0.3) is 0 Å². The molecule has 0 spiro atoms. The molecule has 1 saturated heterocycles. The second-order valence-electron chi connectivity index (χ2n) is 3.38. The summed E-state index contributed by atoms with van der Waals surface area (Å²) in [6, 6.07) is 0. The SMILES string of the molecule is O=C(O)C1C(C(F)(F)F)[C@@H]2C=C[C@H]1O2. The molecule has 78 valence electrons. The van der Waals surface area contributed by atoms with E-state index in [2.05, 4.69) is 0 Å². The first kappa shape index (κ1) is 9.51. The van der Waals surface area contributed by atoms with Crippen molar-refractivity contribution in [2.45, 2.75) is 18.4 Å². The topological polar surface area (TPSA) is 46.5 Å². The number of hydrogen-bond donors (Lipinski definition) is 1. The van der Waals surface area contributed by atoms with Crippen molar-refractivity contribution >= 4 is 5.97 Å². The Balaban J connectivity index is 2.31. The summed E-state index contributed by atoms with van der Waals surface area (Å²) >= 11 is 0. The first-order valence-corrected chi connectivity index (χ1v) is 4.04. The fourth-order valence-corrected chi connectivity index (χ4v) is 1.99. The van der Waals surface area contributed by atoms with Gasteiger partial charge in [-0.15, -0.1) is 0 Å². The molecule has 2 heterocycles. The highest BCUT2D eigenvalue weighted by molar-refractivity contribution is 5.73. The second kappa shape index (κ2) is 2.73. The summed E-state index contributed by atoms with van der Waals surface area (Å²) in [5, 5.41) is 8.66. The number of fused-ring (bicyclic) bond motifs is 2. The van der Waals surface area contributed by atoms with Gasteiger partial charge in [-0.1, -0.05) is 12.2 Å². The third-order valence-electron chi connectivity index (χ3n) is 2.56. The minimum Gasteiger partial charge on any atom is -0.481 e. The van der Waals surface area contributed by atoms with Crippen molar-refractivity contribution in [1.82, 2.24) is 0 Å². The number of rotatable bonds is 1. The standard InChI is InChI=1S/C8H7F3O3/c9-8(10,11)6-4-2-1-3(14-4)5(6)7(12)13/h1-6H,(H,12,13)/t3-,4+,5?,6?/m1/s1. The fourth-order valence-electron chi connectivity index (χ4n) is 1.99. The summed E-state index contributed by atoms with van der Waals surface area (Å²) in [6.45, 7) is 0. The predicted molar refractivity (Wildman–Crippen MR) is 38.5 cm³/mol. The zero-order valence-corrected chi connectivity index (χ0v) is 6.86. The Morgan fingerprint density at radius 3 is 2.29 bits per heavy atom. The molecule has 0 aromatic rings. The van der Waals surface area contributed by atoms with Gasteiger partial charge in [0.1, 0.15) is 11.8 Å². The van der Waals surface area contributed by atoms with Gasteiger partial charge in [0.05, 0.1) is 12.2 Å². The first-order valence-electron chi connectivity index (χ1n) is 4.04. The average Bonchev–Trinajstić information content (AvgIpc) is 2.58. The molecule has 2 bridgehead atoms. The molecule has 0 aromatic heterocycles. The predicted octanol–water partition coefficient (Wildman–Crippen LogP) is 1.20. The van der Waals surface area contributed by atoms with Crippen molar-refractivity contribution in [2.24, 2.45) is 11.8 Å². The Morgan fingerprint density at radius 1 is 1.29 bits per heavy atom. The largest absolute Gasteiger partial charge is 0.481 e. The molecule has 0 amide bonds. The van der Waals surface area contributed by atoms with Crippen LogP contribution in [-0.2, 0) is 9.53 Å². The van der Waals surface area contributed by atoms with Gasteiger partial charge in [-0.25, -0.2) is 0 Å². The van der Waals surface area contributed by atoms with Crippen LogP contribution in [0, 0.1) is 11.8 Å². The van der Waals surface area contributed by atoms with E-state index in [0.29, 0.717) is 0 Å². The van der Waals surface area contributed by atoms with Crippen molar-refractivity contribution in [3.05, 3.63) is 12.2 Å². The van der Waals surface area contributed by atoms with Gasteiger partial charge in [-0.2, -0.15) is 13.2 Å². The van der Waals surface area contributed by atoms with Gasteiger partial charge in [0.15, 0.2) is 0 Å². The van der Waals surface area contributed by atoms with Crippen molar-refractivity contribution in [1.29, 1.82) is 0 Å². The summed E-state index contributed by atoms with van der Waals surface area (Å²) in [5.74, 6) is -4.86. The molecule has 1 fully saturated rings. The van der Waals surface area contributed by atoms with Crippen LogP contribution >= 0.6 is 0 Å². The lowest BCUT2D eigenvalue weighted by atomic mass is 9.82. The van der Waals surface area contributed by atoms with Crippen molar-refractivity contribution in [3.63, 3.8) is 0 Å². The Kier molecular flexibility index (Phi) is 1.85.